The van der Waals surface area contributed by atoms with Gasteiger partial charge in [-0.3, -0.25) is 0 Å². The lowest BCUT2D eigenvalue weighted by atomic mass is 10.2. The van der Waals surface area contributed by atoms with E-state index in [4.69, 9.17) is 0 Å². The average Bonchev–Trinajstić information content (AvgIpc) is 2.35. The van der Waals surface area contributed by atoms with Crippen LogP contribution < -0.4 is 0 Å². The highest BCUT2D eigenvalue weighted by atomic mass is 19.1. The molecule has 0 spiro atoms. The van der Waals surface area contributed by atoms with Crippen molar-refractivity contribution in [2.75, 3.05) is 0 Å². The first kappa shape index (κ1) is 12.2. The zero-order valence-electron chi connectivity index (χ0n) is 9.51. The molecule has 0 N–H and O–H groups in total. The lowest BCUT2D eigenvalue weighted by Gasteiger charge is -2.04. The lowest BCUT2D eigenvalue weighted by Crippen LogP contribution is -2.05. The van der Waals surface area contributed by atoms with E-state index in [0.717, 1.165) is 4.74 Å². The zero-order chi connectivity index (χ0) is 13.0. The fourth-order valence-corrected chi connectivity index (χ4v) is 1.53. The van der Waals surface area contributed by atoms with Crippen molar-refractivity contribution in [1.29, 1.82) is 0 Å². The van der Waals surface area contributed by atoms with Crippen LogP contribution in [0.25, 0.3) is 0 Å². The summed E-state index contributed by atoms with van der Waals surface area (Å²) in [5.41, 5.74) is 1.33. The van der Waals surface area contributed by atoms with E-state index in [0.29, 0.717) is 11.1 Å². The summed E-state index contributed by atoms with van der Waals surface area (Å²) < 4.78 is 26.1. The van der Waals surface area contributed by atoms with Gasteiger partial charge in [0.15, 0.2) is 12.8 Å². The van der Waals surface area contributed by atoms with Crippen LogP contribution >= 0.6 is 0 Å². The minimum Gasteiger partial charge on any atom is -0.624 e. The summed E-state index contributed by atoms with van der Waals surface area (Å²) in [5.74, 6) is -0.679. The van der Waals surface area contributed by atoms with E-state index < -0.39 is 0 Å². The second kappa shape index (κ2) is 5.40. The van der Waals surface area contributed by atoms with Crippen molar-refractivity contribution in [3.63, 3.8) is 0 Å². The Kier molecular flexibility index (Phi) is 3.67. The fourth-order valence-electron chi connectivity index (χ4n) is 1.53. The summed E-state index contributed by atoms with van der Waals surface area (Å²) in [6, 6.07) is 11.3. The molecule has 0 amide bonds. The summed E-state index contributed by atoms with van der Waals surface area (Å²) in [7, 11) is 0. The van der Waals surface area contributed by atoms with Crippen molar-refractivity contribution < 1.29 is 13.5 Å². The summed E-state index contributed by atoms with van der Waals surface area (Å²) >= 11 is 0. The van der Waals surface area contributed by atoms with Gasteiger partial charge in [0, 0.05) is 11.1 Å². The Morgan fingerprint density at radius 2 is 1.39 bits per heavy atom. The quantitative estimate of drug-likeness (QED) is 0.354. The van der Waals surface area contributed by atoms with Crippen molar-refractivity contribution in [1.82, 2.24) is 0 Å². The first-order valence-electron chi connectivity index (χ1n) is 5.42. The molecule has 4 heteroatoms. The molecule has 0 heterocycles. The highest BCUT2D eigenvalue weighted by Gasteiger charge is 2.00. The molecule has 0 bridgehead atoms. The lowest BCUT2D eigenvalue weighted by molar-refractivity contribution is -0.469. The fraction of sp³-hybridized carbons (Fsp3) is 0.0714. The Labute approximate surface area is 103 Å². The topological polar surface area (TPSA) is 26.1 Å². The van der Waals surface area contributed by atoms with Crippen molar-refractivity contribution in [2.45, 2.75) is 6.54 Å². The van der Waals surface area contributed by atoms with Gasteiger partial charge in [-0.2, -0.15) is 0 Å². The summed E-state index contributed by atoms with van der Waals surface area (Å²) in [4.78, 5) is 0. The third-order valence-corrected chi connectivity index (χ3v) is 2.41. The molecule has 0 atom stereocenters. The van der Waals surface area contributed by atoms with Gasteiger partial charge in [-0.25, -0.2) is 13.5 Å². The maximum Gasteiger partial charge on any atom is 0.182 e. The first-order valence-corrected chi connectivity index (χ1v) is 5.42. The van der Waals surface area contributed by atoms with Crippen LogP contribution in [0.4, 0.5) is 8.78 Å². The van der Waals surface area contributed by atoms with E-state index in [9.17, 15) is 14.0 Å². The second-order valence-electron chi connectivity index (χ2n) is 3.88. The molecule has 0 aliphatic rings. The maximum atomic E-state index is 12.7. The van der Waals surface area contributed by atoms with Crippen LogP contribution in [0.15, 0.2) is 48.5 Å². The van der Waals surface area contributed by atoms with Crippen LogP contribution in [0.3, 0.4) is 0 Å². The predicted octanol–water partition coefficient (Wildman–Crippen LogP) is 3.09. The molecule has 0 saturated heterocycles. The molecule has 0 unspecified atom stereocenters. The van der Waals surface area contributed by atoms with Crippen LogP contribution in [-0.4, -0.2) is 11.0 Å². The minimum atomic E-state index is -0.344. The number of hydrogen-bond donors (Lipinski definition) is 0. The number of nitrogens with zero attached hydrogens (tertiary/aromatic N) is 1. The van der Waals surface area contributed by atoms with Crippen LogP contribution in [0.1, 0.15) is 11.1 Å². The molecule has 0 aliphatic carbocycles. The minimum absolute atomic E-state index is 0.123. The Balaban J connectivity index is 2.09. The molecule has 2 rings (SSSR count). The normalized spacial score (nSPS) is 11.6. The van der Waals surface area contributed by atoms with Gasteiger partial charge in [0.2, 0.25) is 0 Å². The number of rotatable bonds is 3. The van der Waals surface area contributed by atoms with Gasteiger partial charge in [0.25, 0.3) is 0 Å². The van der Waals surface area contributed by atoms with Crippen LogP contribution in [0.5, 0.6) is 0 Å². The number of hydroxylamine groups is 1. The Morgan fingerprint density at radius 3 is 1.94 bits per heavy atom. The maximum absolute atomic E-state index is 12.7. The van der Waals surface area contributed by atoms with Gasteiger partial charge >= 0.3 is 0 Å². The highest BCUT2D eigenvalue weighted by Crippen LogP contribution is 2.04. The van der Waals surface area contributed by atoms with Crippen LogP contribution in [-0.2, 0) is 6.54 Å². The Bertz CT molecular complexity index is 547. The smallest absolute Gasteiger partial charge is 0.182 e. The Morgan fingerprint density at radius 1 is 0.889 bits per heavy atom. The number of halogens is 2. The van der Waals surface area contributed by atoms with Crippen molar-refractivity contribution >= 4 is 6.21 Å². The van der Waals surface area contributed by atoms with Crippen LogP contribution in [0, 0.1) is 16.8 Å². The molecular weight excluding hydrogens is 236 g/mol. The summed E-state index contributed by atoms with van der Waals surface area (Å²) in [6.45, 7) is 0.123. The number of benzene rings is 2. The van der Waals surface area contributed by atoms with Crippen molar-refractivity contribution in [2.24, 2.45) is 0 Å². The highest BCUT2D eigenvalue weighted by molar-refractivity contribution is 5.75. The van der Waals surface area contributed by atoms with E-state index in [1.807, 2.05) is 0 Å². The van der Waals surface area contributed by atoms with Gasteiger partial charge in [0.05, 0.1) is 0 Å². The van der Waals surface area contributed by atoms with Gasteiger partial charge in [-0.1, -0.05) is 0 Å². The molecule has 0 fully saturated rings. The molecule has 18 heavy (non-hydrogen) atoms. The van der Waals surface area contributed by atoms with Gasteiger partial charge in [-0.05, 0) is 48.5 Å². The van der Waals surface area contributed by atoms with E-state index in [-0.39, 0.29) is 18.2 Å². The molecule has 2 aromatic rings. The third kappa shape index (κ3) is 3.38. The summed E-state index contributed by atoms with van der Waals surface area (Å²) in [6.07, 6.45) is 1.36. The summed E-state index contributed by atoms with van der Waals surface area (Å²) in [5, 5.41) is 11.6. The molecule has 2 nitrogen and oxygen atoms in total. The van der Waals surface area contributed by atoms with E-state index in [1.165, 1.54) is 42.6 Å². The predicted molar refractivity (Wildman–Crippen MR) is 65.3 cm³/mol. The van der Waals surface area contributed by atoms with E-state index in [2.05, 4.69) is 0 Å². The first-order chi connectivity index (χ1) is 8.63. The SMILES string of the molecule is [O-]/[N+](=C/c1ccc(F)cc1)Cc1ccc(F)cc1. The molecular formula is C14H11F2NO. The largest absolute Gasteiger partial charge is 0.624 e. The zero-order valence-corrected chi connectivity index (χ0v) is 9.51. The molecule has 0 saturated carbocycles. The molecule has 0 aliphatic heterocycles. The molecule has 0 radical (unpaired) electrons. The van der Waals surface area contributed by atoms with Crippen molar-refractivity contribution in [3.05, 3.63) is 76.5 Å². The average molecular weight is 247 g/mol. The molecule has 0 aromatic heterocycles. The van der Waals surface area contributed by atoms with Gasteiger partial charge in [-0.15, -0.1) is 0 Å². The Hall–Kier alpha value is -2.23. The monoisotopic (exact) mass is 247 g/mol. The third-order valence-electron chi connectivity index (χ3n) is 2.41. The standard InChI is InChI=1S/C14H11F2NO/c15-13-5-1-11(2-6-13)9-17(18)10-12-3-7-14(16)8-4-12/h1-9H,10H2/b17-9+. The van der Waals surface area contributed by atoms with E-state index in [1.54, 1.807) is 12.1 Å². The van der Waals surface area contributed by atoms with E-state index >= 15 is 0 Å². The van der Waals surface area contributed by atoms with Crippen LogP contribution in [0.2, 0.25) is 0 Å². The molecule has 92 valence electrons. The van der Waals surface area contributed by atoms with Gasteiger partial charge < -0.3 is 5.21 Å². The van der Waals surface area contributed by atoms with Gasteiger partial charge in [0.1, 0.15) is 11.6 Å². The second-order valence-corrected chi connectivity index (χ2v) is 3.88. The number of hydrogen-bond acceptors (Lipinski definition) is 1. The van der Waals surface area contributed by atoms with Crippen molar-refractivity contribution in [3.8, 4) is 0 Å². The molecule has 2 aromatic carbocycles.